The van der Waals surface area contributed by atoms with Gasteiger partial charge in [0.1, 0.15) is 0 Å². The van der Waals surface area contributed by atoms with E-state index in [1.807, 2.05) is 0 Å². The van der Waals surface area contributed by atoms with Crippen molar-refractivity contribution in [3.63, 3.8) is 0 Å². The monoisotopic (exact) mass is 527 g/mol. The molecule has 1 heteroatoms. The van der Waals surface area contributed by atoms with Gasteiger partial charge in [0.05, 0.1) is 0 Å². The van der Waals surface area contributed by atoms with Crippen LogP contribution in [0, 0.1) is 0 Å². The summed E-state index contributed by atoms with van der Waals surface area (Å²) in [6, 6.07) is 44.9. The highest BCUT2D eigenvalue weighted by molar-refractivity contribution is 6.04. The molecule has 2 aliphatic rings. The van der Waals surface area contributed by atoms with Crippen LogP contribution in [0.15, 0.2) is 121 Å². The first-order valence-electron chi connectivity index (χ1n) is 14.6. The summed E-state index contributed by atoms with van der Waals surface area (Å²) in [6.45, 7) is 9.39. The zero-order valence-electron chi connectivity index (χ0n) is 24.0. The molecule has 6 aromatic carbocycles. The smallest absolute Gasteiger partial charge is 0.0470 e. The number of hydrogen-bond acceptors (Lipinski definition) is 1. The van der Waals surface area contributed by atoms with E-state index in [0.29, 0.717) is 0 Å². The zero-order valence-corrected chi connectivity index (χ0v) is 24.0. The van der Waals surface area contributed by atoms with Crippen LogP contribution in [0.3, 0.4) is 0 Å². The Morgan fingerprint density at radius 2 is 1.02 bits per heavy atom. The molecule has 0 saturated heterocycles. The van der Waals surface area contributed by atoms with E-state index in [1.165, 1.54) is 66.4 Å². The first kappa shape index (κ1) is 24.2. The Bertz CT molecular complexity index is 2020. The van der Waals surface area contributed by atoms with Gasteiger partial charge in [-0.25, -0.2) is 0 Å². The summed E-state index contributed by atoms with van der Waals surface area (Å²) in [7, 11) is 0. The lowest BCUT2D eigenvalue weighted by atomic mass is 9.81. The quantitative estimate of drug-likeness (QED) is 0.241. The number of hydrogen-bond donors (Lipinski definition) is 1. The van der Waals surface area contributed by atoms with Crippen LogP contribution in [0.2, 0.25) is 0 Å². The van der Waals surface area contributed by atoms with E-state index in [9.17, 15) is 0 Å². The van der Waals surface area contributed by atoms with Crippen LogP contribution in [0.4, 0.5) is 11.4 Å². The van der Waals surface area contributed by atoms with E-state index in [2.05, 4.69) is 154 Å². The number of fused-ring (bicyclic) bond motifs is 7. The fourth-order valence-electron chi connectivity index (χ4n) is 7.48. The van der Waals surface area contributed by atoms with Crippen LogP contribution in [0.5, 0.6) is 0 Å². The molecule has 0 fully saturated rings. The van der Waals surface area contributed by atoms with Gasteiger partial charge >= 0.3 is 0 Å². The Balaban J connectivity index is 1.28. The summed E-state index contributed by atoms with van der Waals surface area (Å²) in [5.74, 6) is 0. The maximum absolute atomic E-state index is 3.86. The van der Waals surface area contributed by atoms with E-state index in [-0.39, 0.29) is 10.8 Å². The van der Waals surface area contributed by atoms with Crippen LogP contribution >= 0.6 is 0 Å². The van der Waals surface area contributed by atoms with Crippen molar-refractivity contribution in [2.24, 2.45) is 0 Å². The van der Waals surface area contributed by atoms with Gasteiger partial charge in [-0.2, -0.15) is 0 Å². The molecule has 6 aromatic rings. The summed E-state index contributed by atoms with van der Waals surface area (Å²) in [5.41, 5.74) is 15.7. The maximum Gasteiger partial charge on any atom is 0.0470 e. The van der Waals surface area contributed by atoms with Gasteiger partial charge < -0.3 is 5.32 Å². The van der Waals surface area contributed by atoms with Crippen molar-refractivity contribution < 1.29 is 0 Å². The molecule has 1 nitrogen and oxygen atoms in total. The first-order chi connectivity index (χ1) is 19.8. The predicted octanol–water partition coefficient (Wildman–Crippen LogP) is 10.9. The second-order valence-electron chi connectivity index (χ2n) is 12.7. The van der Waals surface area contributed by atoms with Crippen LogP contribution < -0.4 is 5.32 Å². The molecule has 41 heavy (non-hydrogen) atoms. The van der Waals surface area contributed by atoms with Gasteiger partial charge in [0.2, 0.25) is 0 Å². The minimum absolute atomic E-state index is 0.0313. The minimum Gasteiger partial charge on any atom is -0.355 e. The van der Waals surface area contributed by atoms with Crippen molar-refractivity contribution in [1.82, 2.24) is 0 Å². The van der Waals surface area contributed by atoms with Gasteiger partial charge in [0.25, 0.3) is 0 Å². The van der Waals surface area contributed by atoms with E-state index in [0.717, 1.165) is 11.4 Å². The van der Waals surface area contributed by atoms with Crippen molar-refractivity contribution in [2.75, 3.05) is 5.32 Å². The molecule has 0 bridgehead atoms. The standard InChI is InChI=1S/C40H33N/c1-39(2)33-15-9-7-13-29(33)31-20-17-26(23-35(31)39)38-28-12-6-5-11-25(28)18-22-37(38)41-27-19-21-32-30-14-8-10-16-34(30)40(3,4)36(32)24-27/h5-24,41H,1-4H3. The van der Waals surface area contributed by atoms with Crippen molar-refractivity contribution in [2.45, 2.75) is 38.5 Å². The highest BCUT2D eigenvalue weighted by atomic mass is 14.9. The number of anilines is 2. The third kappa shape index (κ3) is 3.42. The van der Waals surface area contributed by atoms with Gasteiger partial charge in [0.15, 0.2) is 0 Å². The summed E-state index contributed by atoms with van der Waals surface area (Å²) in [4.78, 5) is 0. The minimum atomic E-state index is -0.0410. The molecule has 0 heterocycles. The topological polar surface area (TPSA) is 12.0 Å². The lowest BCUT2D eigenvalue weighted by molar-refractivity contribution is 0.660. The van der Waals surface area contributed by atoms with Gasteiger partial charge in [-0.15, -0.1) is 0 Å². The molecular formula is C40H33N. The SMILES string of the molecule is CC1(C)c2ccccc2-c2ccc(Nc3ccc4ccccc4c3-c3ccc4c(c3)C(C)(C)c3ccccc3-4)cc21. The predicted molar refractivity (Wildman–Crippen MR) is 174 cm³/mol. The molecule has 0 radical (unpaired) electrons. The Labute approximate surface area is 242 Å². The van der Waals surface area contributed by atoms with Gasteiger partial charge in [-0.05, 0) is 85.1 Å². The molecule has 1 N–H and O–H groups in total. The average molecular weight is 528 g/mol. The summed E-state index contributed by atoms with van der Waals surface area (Å²) < 4.78 is 0. The van der Waals surface area contributed by atoms with E-state index < -0.39 is 0 Å². The first-order valence-corrected chi connectivity index (χ1v) is 14.6. The Kier molecular flexibility index (Phi) is 4.98. The molecule has 8 rings (SSSR count). The normalized spacial score (nSPS) is 15.2. The lowest BCUT2D eigenvalue weighted by Gasteiger charge is -2.23. The van der Waals surface area contributed by atoms with Crippen molar-refractivity contribution >= 4 is 22.1 Å². The maximum atomic E-state index is 3.86. The van der Waals surface area contributed by atoms with Crippen LogP contribution in [-0.4, -0.2) is 0 Å². The Morgan fingerprint density at radius 3 is 1.73 bits per heavy atom. The van der Waals surface area contributed by atoms with Crippen LogP contribution in [0.25, 0.3) is 44.2 Å². The molecule has 0 atom stereocenters. The molecular weight excluding hydrogens is 494 g/mol. The summed E-state index contributed by atoms with van der Waals surface area (Å²) in [5, 5.41) is 6.38. The molecule has 0 saturated carbocycles. The average Bonchev–Trinajstić information content (AvgIpc) is 3.36. The van der Waals surface area contributed by atoms with Gasteiger partial charge in [-0.3, -0.25) is 0 Å². The zero-order chi connectivity index (χ0) is 27.9. The van der Waals surface area contributed by atoms with Gasteiger partial charge in [-0.1, -0.05) is 125 Å². The third-order valence-electron chi connectivity index (χ3n) is 9.66. The number of nitrogens with one attached hydrogen (secondary N) is 1. The van der Waals surface area contributed by atoms with Crippen LogP contribution in [0.1, 0.15) is 49.9 Å². The molecule has 198 valence electrons. The molecule has 0 aromatic heterocycles. The highest BCUT2D eigenvalue weighted by Crippen LogP contribution is 2.52. The second kappa shape index (κ2) is 8.44. The number of benzene rings is 6. The molecule has 0 amide bonds. The molecule has 0 unspecified atom stereocenters. The van der Waals surface area contributed by atoms with E-state index in [4.69, 9.17) is 0 Å². The second-order valence-corrected chi connectivity index (χ2v) is 12.7. The van der Waals surface area contributed by atoms with Crippen molar-refractivity contribution in [3.05, 3.63) is 144 Å². The summed E-state index contributed by atoms with van der Waals surface area (Å²) >= 11 is 0. The Morgan fingerprint density at radius 1 is 0.463 bits per heavy atom. The van der Waals surface area contributed by atoms with E-state index >= 15 is 0 Å². The van der Waals surface area contributed by atoms with Crippen molar-refractivity contribution in [1.29, 1.82) is 0 Å². The largest absolute Gasteiger partial charge is 0.355 e. The molecule has 0 aliphatic heterocycles. The van der Waals surface area contributed by atoms with Crippen LogP contribution in [-0.2, 0) is 10.8 Å². The molecule has 2 aliphatic carbocycles. The third-order valence-corrected chi connectivity index (χ3v) is 9.66. The highest BCUT2D eigenvalue weighted by Gasteiger charge is 2.36. The molecule has 0 spiro atoms. The Hall–Kier alpha value is -4.62. The van der Waals surface area contributed by atoms with Crippen molar-refractivity contribution in [3.8, 4) is 33.4 Å². The summed E-state index contributed by atoms with van der Waals surface area (Å²) in [6.07, 6.45) is 0. The van der Waals surface area contributed by atoms with Gasteiger partial charge in [0, 0.05) is 27.8 Å². The lowest BCUT2D eigenvalue weighted by Crippen LogP contribution is -2.15. The number of rotatable bonds is 3. The fourth-order valence-corrected chi connectivity index (χ4v) is 7.48. The fraction of sp³-hybridized carbons (Fsp3) is 0.150. The van der Waals surface area contributed by atoms with E-state index in [1.54, 1.807) is 0 Å².